The van der Waals surface area contributed by atoms with Gasteiger partial charge in [-0.05, 0) is 0 Å². The Balaban J connectivity index is 0.000000810. The summed E-state index contributed by atoms with van der Waals surface area (Å²) in [5, 5.41) is 1.48. The van der Waals surface area contributed by atoms with Crippen LogP contribution < -0.4 is 0 Å². The van der Waals surface area contributed by atoms with Crippen LogP contribution in [0.4, 0.5) is 0 Å². The summed E-state index contributed by atoms with van der Waals surface area (Å²) in [4.78, 5) is 0. The number of hydrogen-bond donors (Lipinski definition) is 0. The molecule has 0 aromatic heterocycles. The van der Waals surface area contributed by atoms with Crippen LogP contribution in [-0.4, -0.2) is 15.2 Å². The van der Waals surface area contributed by atoms with Crippen molar-refractivity contribution in [3.63, 3.8) is 0 Å². The van der Waals surface area contributed by atoms with Crippen molar-refractivity contribution in [2.45, 2.75) is 49.1 Å². The maximum absolute atomic E-state index is 2.34. The maximum Gasteiger partial charge on any atom is -1.00 e. The molecule has 1 aliphatic carbocycles. The molecule has 0 aliphatic heterocycles. The Labute approximate surface area is 66.2 Å². The molecule has 1 rings (SSSR count). The summed E-state index contributed by atoms with van der Waals surface area (Å²) in [5.74, 6) is 0. The third-order valence-electron chi connectivity index (χ3n) is 2.22. The van der Waals surface area contributed by atoms with Crippen LogP contribution in [0.5, 0.6) is 0 Å². The second-order valence-electron chi connectivity index (χ2n) is 3.04. The molecule has 0 heterocycles. The van der Waals surface area contributed by atoms with E-state index in [9.17, 15) is 0 Å². The first-order chi connectivity index (χ1) is 4.43. The van der Waals surface area contributed by atoms with Crippen molar-refractivity contribution in [2.24, 2.45) is 0 Å². The smallest absolute Gasteiger partial charge is 1.00 e. The van der Waals surface area contributed by atoms with Crippen molar-refractivity contribution in [2.75, 3.05) is 0 Å². The Kier molecular flexibility index (Phi) is 3.70. The van der Waals surface area contributed by atoms with Crippen molar-refractivity contribution in [3.8, 4) is 0 Å². The van der Waals surface area contributed by atoms with Gasteiger partial charge in [-0.25, -0.2) is 0 Å². The minimum Gasteiger partial charge on any atom is -1.00 e. The van der Waals surface area contributed by atoms with Crippen LogP contribution >= 0.6 is 0 Å². The van der Waals surface area contributed by atoms with Gasteiger partial charge in [-0.3, -0.25) is 0 Å². The SMILES string of the molecule is C[CH2][Al+][CH]1CCCCC1.[H-]. The predicted octanol–water partition coefficient (Wildman–Crippen LogP) is 2.99. The molecule has 0 nitrogen and oxygen atoms in total. The summed E-state index contributed by atoms with van der Waals surface area (Å²) in [6, 6.07) is 0. The van der Waals surface area contributed by atoms with Crippen LogP contribution in [0.15, 0.2) is 0 Å². The molecule has 1 saturated carbocycles. The molecule has 0 unspecified atom stereocenters. The van der Waals surface area contributed by atoms with Crippen molar-refractivity contribution in [1.82, 2.24) is 0 Å². The molecule has 0 saturated heterocycles. The Hall–Kier alpha value is 0.532. The third-order valence-corrected chi connectivity index (χ3v) is 4.02. The number of hydrogen-bond acceptors (Lipinski definition) is 0. The van der Waals surface area contributed by atoms with E-state index in [0.29, 0.717) is 0 Å². The van der Waals surface area contributed by atoms with E-state index < -0.39 is 0 Å². The zero-order chi connectivity index (χ0) is 6.53. The maximum atomic E-state index is 2.34. The second kappa shape index (κ2) is 4.36. The molecule has 0 bridgehead atoms. The summed E-state index contributed by atoms with van der Waals surface area (Å²) in [7, 11) is 0. The van der Waals surface area contributed by atoms with E-state index in [2.05, 4.69) is 6.92 Å². The first kappa shape index (κ1) is 7.64. The summed E-state index contributed by atoms with van der Waals surface area (Å²) in [6.07, 6.45) is 7.68. The summed E-state index contributed by atoms with van der Waals surface area (Å²) in [5.41, 5.74) is 0. The fourth-order valence-corrected chi connectivity index (χ4v) is 3.31. The van der Waals surface area contributed by atoms with Gasteiger partial charge in [0.25, 0.3) is 0 Å². The molecule has 1 aliphatic rings. The average molecular weight is 140 g/mol. The minimum absolute atomic E-state index is 0. The molecular weight excluding hydrogens is 123 g/mol. The largest absolute Gasteiger partial charge is 1.00 e. The summed E-state index contributed by atoms with van der Waals surface area (Å²) >= 11 is 0.820. The van der Waals surface area contributed by atoms with Crippen LogP contribution in [-0.2, 0) is 0 Å². The van der Waals surface area contributed by atoms with Gasteiger partial charge in [-0.1, -0.05) is 0 Å². The zero-order valence-corrected chi connectivity index (χ0v) is 7.55. The molecule has 1 fully saturated rings. The number of rotatable bonds is 2. The van der Waals surface area contributed by atoms with Crippen molar-refractivity contribution >= 4 is 15.2 Å². The average Bonchev–Trinajstić information content (AvgIpc) is 1.91. The first-order valence-corrected chi connectivity index (χ1v) is 5.75. The van der Waals surface area contributed by atoms with Gasteiger partial charge in [0.15, 0.2) is 0 Å². The van der Waals surface area contributed by atoms with E-state index in [-0.39, 0.29) is 1.43 Å². The molecule has 1 heteroatoms. The molecule has 0 radical (unpaired) electrons. The molecule has 0 amide bonds. The normalized spacial score (nSPS) is 21.4. The predicted molar refractivity (Wildman–Crippen MR) is 44.2 cm³/mol. The van der Waals surface area contributed by atoms with Gasteiger partial charge >= 0.3 is 64.3 Å². The Bertz CT molecular complexity index is 66.9. The monoisotopic (exact) mass is 140 g/mol. The van der Waals surface area contributed by atoms with Gasteiger partial charge < -0.3 is 1.43 Å². The van der Waals surface area contributed by atoms with Gasteiger partial charge in [-0.15, -0.1) is 0 Å². The third kappa shape index (κ3) is 2.74. The Morgan fingerprint density at radius 3 is 2.56 bits per heavy atom. The van der Waals surface area contributed by atoms with E-state index in [0.717, 1.165) is 15.2 Å². The molecule has 0 spiro atoms. The summed E-state index contributed by atoms with van der Waals surface area (Å²) in [6.45, 7) is 2.34. The fraction of sp³-hybridized carbons (Fsp3) is 1.00. The molecule has 9 heavy (non-hydrogen) atoms. The van der Waals surface area contributed by atoms with Gasteiger partial charge in [-0.2, -0.15) is 0 Å². The van der Waals surface area contributed by atoms with E-state index >= 15 is 0 Å². The molecule has 0 atom stereocenters. The van der Waals surface area contributed by atoms with E-state index in [1.54, 1.807) is 12.8 Å². The van der Waals surface area contributed by atoms with E-state index in [1.807, 2.05) is 0 Å². The Morgan fingerprint density at radius 1 is 1.33 bits per heavy atom. The fourth-order valence-electron chi connectivity index (χ4n) is 1.70. The molecule has 52 valence electrons. The topological polar surface area (TPSA) is 0 Å². The second-order valence-corrected chi connectivity index (χ2v) is 5.27. The van der Waals surface area contributed by atoms with Crippen LogP contribution in [0.2, 0.25) is 10.1 Å². The quantitative estimate of drug-likeness (QED) is 0.517. The molecule has 0 N–H and O–H groups in total. The van der Waals surface area contributed by atoms with E-state index in [4.69, 9.17) is 0 Å². The van der Waals surface area contributed by atoms with E-state index in [1.165, 1.54) is 29.3 Å². The van der Waals surface area contributed by atoms with Crippen molar-refractivity contribution in [3.05, 3.63) is 0 Å². The van der Waals surface area contributed by atoms with Gasteiger partial charge in [0.05, 0.1) is 0 Å². The van der Waals surface area contributed by atoms with Crippen LogP contribution in [0.1, 0.15) is 40.5 Å². The minimum atomic E-state index is 0. The summed E-state index contributed by atoms with van der Waals surface area (Å²) < 4.78 is 1.18. The van der Waals surface area contributed by atoms with Crippen molar-refractivity contribution < 1.29 is 1.43 Å². The standard InChI is InChI=1S/C6H11.C2H5.Al.H/c1-2-4-6-5-3-1;1-2;;/h1H,2-6H2;1H2,2H3;;/q;;+1;-1. The van der Waals surface area contributed by atoms with Gasteiger partial charge in [0, 0.05) is 0 Å². The Morgan fingerprint density at radius 2 is 2.00 bits per heavy atom. The molecule has 0 aromatic carbocycles. The molecule has 0 aromatic rings. The van der Waals surface area contributed by atoms with Crippen LogP contribution in [0.3, 0.4) is 0 Å². The molecular formula is C8H17Al. The van der Waals surface area contributed by atoms with Crippen molar-refractivity contribution in [1.29, 1.82) is 0 Å². The van der Waals surface area contributed by atoms with Crippen LogP contribution in [0.25, 0.3) is 0 Å². The van der Waals surface area contributed by atoms with Gasteiger partial charge in [0.1, 0.15) is 0 Å². The van der Waals surface area contributed by atoms with Gasteiger partial charge in [0.2, 0.25) is 0 Å². The first-order valence-electron chi connectivity index (χ1n) is 4.27. The zero-order valence-electron chi connectivity index (χ0n) is 7.40. The van der Waals surface area contributed by atoms with Crippen LogP contribution in [0, 0.1) is 0 Å².